The number of hydrogen-bond donors (Lipinski definition) is 2. The summed E-state index contributed by atoms with van der Waals surface area (Å²) in [6.45, 7) is 0. The van der Waals surface area contributed by atoms with E-state index in [2.05, 4.69) is 10.6 Å². The first kappa shape index (κ1) is 28.4. The highest BCUT2D eigenvalue weighted by Gasteiger charge is 2.28. The Morgan fingerprint density at radius 2 is 1.71 bits per heavy atom. The Balaban J connectivity index is 1.43. The maximum absolute atomic E-state index is 13.6. The van der Waals surface area contributed by atoms with E-state index in [1.54, 1.807) is 44.6 Å². The van der Waals surface area contributed by atoms with Crippen LogP contribution < -0.4 is 20.1 Å². The van der Waals surface area contributed by atoms with Crippen LogP contribution in [0.25, 0.3) is 17.3 Å². The number of amides is 2. The Hall–Kier alpha value is -4.14. The number of nitrogens with one attached hydrogen (secondary N) is 2. The molecule has 1 heterocycles. The second kappa shape index (κ2) is 13.0. The molecular formula is C32H37FN4O4. The molecule has 2 amide bonds. The monoisotopic (exact) mass is 560 g/mol. The zero-order valence-electron chi connectivity index (χ0n) is 23.6. The fourth-order valence-corrected chi connectivity index (χ4v) is 5.47. The van der Waals surface area contributed by atoms with Crippen LogP contribution in [0.4, 0.5) is 4.39 Å². The van der Waals surface area contributed by atoms with Crippen molar-refractivity contribution in [3.63, 3.8) is 0 Å². The van der Waals surface area contributed by atoms with Crippen molar-refractivity contribution in [3.8, 4) is 22.8 Å². The van der Waals surface area contributed by atoms with Crippen molar-refractivity contribution >= 4 is 17.9 Å². The predicted octanol–water partition coefficient (Wildman–Crippen LogP) is 5.69. The van der Waals surface area contributed by atoms with Gasteiger partial charge in [0.1, 0.15) is 17.3 Å². The van der Waals surface area contributed by atoms with E-state index in [0.717, 1.165) is 61.8 Å². The topological polar surface area (TPSA) is 94.5 Å². The molecule has 5 rings (SSSR count). The lowest BCUT2D eigenvalue weighted by atomic mass is 9.93. The summed E-state index contributed by atoms with van der Waals surface area (Å²) in [4.78, 5) is 26.4. The number of aromatic nitrogens is 2. The van der Waals surface area contributed by atoms with Gasteiger partial charge in [-0.25, -0.2) is 4.39 Å². The van der Waals surface area contributed by atoms with Crippen molar-refractivity contribution in [1.29, 1.82) is 0 Å². The first-order valence-corrected chi connectivity index (χ1v) is 14.3. The number of methoxy groups -OCH3 is 2. The molecule has 2 saturated carbocycles. The molecule has 41 heavy (non-hydrogen) atoms. The van der Waals surface area contributed by atoms with Crippen molar-refractivity contribution in [2.75, 3.05) is 14.2 Å². The number of hydrogen-bond acceptors (Lipinski definition) is 5. The molecule has 9 heteroatoms. The van der Waals surface area contributed by atoms with E-state index in [9.17, 15) is 14.0 Å². The summed E-state index contributed by atoms with van der Waals surface area (Å²) in [5.74, 6) is 0.417. The fraction of sp³-hybridized carbons (Fsp3) is 0.406. The first-order valence-electron chi connectivity index (χ1n) is 14.3. The van der Waals surface area contributed by atoms with Gasteiger partial charge < -0.3 is 20.1 Å². The van der Waals surface area contributed by atoms with Crippen LogP contribution in [0.1, 0.15) is 73.5 Å². The van der Waals surface area contributed by atoms with Crippen LogP contribution in [0.5, 0.6) is 11.5 Å². The number of carbonyl (C=O) groups is 2. The zero-order chi connectivity index (χ0) is 28.8. The van der Waals surface area contributed by atoms with Gasteiger partial charge in [0.2, 0.25) is 5.91 Å². The Bertz CT molecular complexity index is 1370. The molecule has 0 spiro atoms. The van der Waals surface area contributed by atoms with Gasteiger partial charge in [-0.15, -0.1) is 0 Å². The van der Waals surface area contributed by atoms with E-state index in [-0.39, 0.29) is 41.8 Å². The molecule has 8 nitrogen and oxygen atoms in total. The number of ether oxygens (including phenoxy) is 2. The lowest BCUT2D eigenvalue weighted by Crippen LogP contribution is -2.43. The van der Waals surface area contributed by atoms with Crippen LogP contribution in [0.15, 0.2) is 54.6 Å². The molecular weight excluding hydrogens is 523 g/mol. The maximum atomic E-state index is 13.6. The molecule has 2 fully saturated rings. The van der Waals surface area contributed by atoms with Gasteiger partial charge in [-0.2, -0.15) is 5.10 Å². The van der Waals surface area contributed by atoms with E-state index >= 15 is 0 Å². The van der Waals surface area contributed by atoms with E-state index in [0.29, 0.717) is 11.5 Å². The van der Waals surface area contributed by atoms with Gasteiger partial charge in [0, 0.05) is 6.04 Å². The number of rotatable bonds is 11. The Morgan fingerprint density at radius 3 is 2.32 bits per heavy atom. The summed E-state index contributed by atoms with van der Waals surface area (Å²) >= 11 is 0. The molecule has 1 atom stereocenters. The van der Waals surface area contributed by atoms with E-state index in [4.69, 9.17) is 14.6 Å². The minimum atomic E-state index is -0.589. The smallest absolute Gasteiger partial charge is 0.272 e. The van der Waals surface area contributed by atoms with Gasteiger partial charge in [-0.3, -0.25) is 14.3 Å². The molecule has 0 bridgehead atoms. The van der Waals surface area contributed by atoms with Crippen LogP contribution in [0.2, 0.25) is 0 Å². The Kier molecular flexibility index (Phi) is 9.01. The summed E-state index contributed by atoms with van der Waals surface area (Å²) in [6, 6.07) is 13.2. The molecule has 216 valence electrons. The van der Waals surface area contributed by atoms with Gasteiger partial charge in [0.15, 0.2) is 5.69 Å². The van der Waals surface area contributed by atoms with E-state index in [1.165, 1.54) is 12.1 Å². The summed E-state index contributed by atoms with van der Waals surface area (Å²) in [6.07, 6.45) is 10.8. The Morgan fingerprint density at radius 1 is 1.02 bits per heavy atom. The predicted molar refractivity (Wildman–Crippen MR) is 155 cm³/mol. The summed E-state index contributed by atoms with van der Waals surface area (Å²) in [7, 11) is 3.21. The first-order chi connectivity index (χ1) is 19.9. The van der Waals surface area contributed by atoms with Gasteiger partial charge >= 0.3 is 0 Å². The van der Waals surface area contributed by atoms with Crippen LogP contribution in [0.3, 0.4) is 0 Å². The minimum absolute atomic E-state index is 0.0798. The van der Waals surface area contributed by atoms with Crippen molar-refractivity contribution in [1.82, 2.24) is 20.4 Å². The minimum Gasteiger partial charge on any atom is -0.496 e. The van der Waals surface area contributed by atoms with Crippen molar-refractivity contribution in [2.45, 2.75) is 69.5 Å². The molecule has 3 aromatic rings. The molecule has 0 unspecified atom stereocenters. The van der Waals surface area contributed by atoms with Crippen molar-refractivity contribution in [2.24, 2.45) is 0 Å². The van der Waals surface area contributed by atoms with E-state index in [1.807, 2.05) is 22.9 Å². The number of benzene rings is 2. The van der Waals surface area contributed by atoms with Crippen molar-refractivity contribution < 1.29 is 23.5 Å². The second-order valence-electron chi connectivity index (χ2n) is 10.7. The molecule has 0 radical (unpaired) electrons. The third-order valence-corrected chi connectivity index (χ3v) is 7.91. The average Bonchev–Trinajstić information content (AvgIpc) is 3.64. The maximum Gasteiger partial charge on any atom is 0.272 e. The van der Waals surface area contributed by atoms with Crippen LogP contribution in [-0.4, -0.2) is 47.9 Å². The zero-order valence-corrected chi connectivity index (χ0v) is 23.6. The molecule has 0 saturated heterocycles. The molecule has 2 aliphatic carbocycles. The van der Waals surface area contributed by atoms with Gasteiger partial charge in [0.05, 0.1) is 44.0 Å². The number of halogens is 1. The van der Waals surface area contributed by atoms with Gasteiger partial charge in [-0.05, 0) is 68.0 Å². The molecule has 1 aromatic heterocycles. The highest BCUT2D eigenvalue weighted by atomic mass is 19.1. The highest BCUT2D eigenvalue weighted by Crippen LogP contribution is 2.41. The summed E-state index contributed by atoms with van der Waals surface area (Å²) < 4.78 is 26.6. The lowest BCUT2D eigenvalue weighted by molar-refractivity contribution is -0.122. The second-order valence-corrected chi connectivity index (χ2v) is 10.7. The molecule has 2 N–H and O–H groups in total. The normalized spacial score (nSPS) is 16.4. The average molecular weight is 561 g/mol. The summed E-state index contributed by atoms with van der Waals surface area (Å²) in [5, 5.41) is 10.8. The molecule has 0 aliphatic heterocycles. The quantitative estimate of drug-likeness (QED) is 0.314. The van der Waals surface area contributed by atoms with E-state index < -0.39 is 6.04 Å². The van der Waals surface area contributed by atoms with Crippen molar-refractivity contribution in [3.05, 3.63) is 71.7 Å². The largest absolute Gasteiger partial charge is 0.496 e. The lowest BCUT2D eigenvalue weighted by Gasteiger charge is -2.27. The van der Waals surface area contributed by atoms with Gasteiger partial charge in [-0.1, -0.05) is 43.2 Å². The number of carbonyl (C=O) groups excluding carboxylic acids is 2. The van der Waals surface area contributed by atoms with Crippen LogP contribution in [0, 0.1) is 5.82 Å². The van der Waals surface area contributed by atoms with Gasteiger partial charge in [0.25, 0.3) is 5.91 Å². The summed E-state index contributed by atoms with van der Waals surface area (Å²) in [5.41, 5.74) is 2.50. The fourth-order valence-electron chi connectivity index (χ4n) is 5.47. The number of nitrogens with zero attached hydrogens (tertiary/aromatic N) is 2. The standard InChI is InChI=1S/C32H37FN4O4/c1-40-28-11-6-12-29(41-2)31(28)27-20-26(36-37(27)25-9-3-4-10-25)32(39)35-24(19-30(38)34-23-7-5-8-23)18-15-21-13-16-22(33)17-14-21/h6,11-18,20,23-25H,3-5,7-10,19H2,1-2H3,(H,34,38)(H,35,39)/b18-15+/t24-/m0/s1. The molecule has 2 aromatic carbocycles. The highest BCUT2D eigenvalue weighted by molar-refractivity contribution is 5.95. The Labute approximate surface area is 239 Å². The van der Waals surface area contributed by atoms with Crippen LogP contribution in [-0.2, 0) is 4.79 Å². The third-order valence-electron chi connectivity index (χ3n) is 7.91. The molecule has 2 aliphatic rings. The van der Waals surface area contributed by atoms with Crippen LogP contribution >= 0.6 is 0 Å². The third kappa shape index (κ3) is 6.78. The SMILES string of the molecule is COc1cccc(OC)c1-c1cc(C(=O)N[C@@H](/C=C/c2ccc(F)cc2)CC(=O)NC2CCC2)nn1C1CCCC1.